The summed E-state index contributed by atoms with van der Waals surface area (Å²) in [6.45, 7) is 6.92. The number of aryl methyl sites for hydroxylation is 2. The third kappa shape index (κ3) is 13.8. The zero-order chi connectivity index (χ0) is 49.7. The lowest BCUT2D eigenvalue weighted by Crippen LogP contribution is -2.56. The van der Waals surface area contributed by atoms with E-state index in [0.717, 1.165) is 72.3 Å². The van der Waals surface area contributed by atoms with Crippen molar-refractivity contribution in [2.45, 2.75) is 121 Å². The van der Waals surface area contributed by atoms with E-state index in [2.05, 4.69) is 45.1 Å². The average Bonchev–Trinajstić information content (AvgIpc) is 3.80. The first-order valence-corrected chi connectivity index (χ1v) is 24.9. The molecule has 0 aromatic heterocycles. The largest absolute Gasteiger partial charge is 0.508 e. The number of fused-ring (bicyclic) bond motifs is 1. The van der Waals surface area contributed by atoms with Crippen molar-refractivity contribution in [3.8, 4) is 5.75 Å². The number of carbonyl (C=O) groups is 6. The Kier molecular flexibility index (Phi) is 17.8. The van der Waals surface area contributed by atoms with Gasteiger partial charge in [0.25, 0.3) is 0 Å². The molecule has 8 N–H and O–H groups in total. The first-order chi connectivity index (χ1) is 33.7. The van der Waals surface area contributed by atoms with Crippen LogP contribution >= 0.6 is 0 Å². The van der Waals surface area contributed by atoms with Gasteiger partial charge in [-0.2, -0.15) is 0 Å². The monoisotopic (exact) mass is 955 g/mol. The third-order valence-electron chi connectivity index (χ3n) is 14.3. The maximum absolute atomic E-state index is 14.4. The van der Waals surface area contributed by atoms with E-state index >= 15 is 0 Å². The van der Waals surface area contributed by atoms with Gasteiger partial charge >= 0.3 is 0 Å². The minimum atomic E-state index is -0.995. The second-order valence-corrected chi connectivity index (χ2v) is 19.5. The maximum atomic E-state index is 14.4. The maximum Gasteiger partial charge on any atom is 0.245 e. The van der Waals surface area contributed by atoms with Crippen molar-refractivity contribution in [1.82, 2.24) is 30.7 Å². The van der Waals surface area contributed by atoms with Crippen LogP contribution in [0.5, 0.6) is 5.75 Å². The number of rotatable bonds is 20. The van der Waals surface area contributed by atoms with Crippen molar-refractivity contribution in [3.63, 3.8) is 0 Å². The Morgan fingerprint density at radius 2 is 1.41 bits per heavy atom. The number of phenolic OH excluding ortho intramolecular Hbond substituents is 1. The van der Waals surface area contributed by atoms with Gasteiger partial charge in [0.1, 0.15) is 29.9 Å². The minimum Gasteiger partial charge on any atom is -0.508 e. The number of phenols is 1. The average molecular weight is 955 g/mol. The predicted octanol–water partition coefficient (Wildman–Crippen LogP) is 3.76. The van der Waals surface area contributed by atoms with Gasteiger partial charge in [-0.15, -0.1) is 0 Å². The number of amides is 6. The zero-order valence-electron chi connectivity index (χ0n) is 40.6. The van der Waals surface area contributed by atoms with Gasteiger partial charge in [0.15, 0.2) is 0 Å². The van der Waals surface area contributed by atoms with Crippen molar-refractivity contribution in [1.29, 1.82) is 0 Å². The molecular weight excluding hydrogens is 885 g/mol. The molecule has 5 atom stereocenters. The summed E-state index contributed by atoms with van der Waals surface area (Å²) in [6.07, 6.45) is 5.70. The molecule has 4 aromatic carbocycles. The van der Waals surface area contributed by atoms with E-state index in [9.17, 15) is 33.9 Å². The van der Waals surface area contributed by atoms with Gasteiger partial charge < -0.3 is 47.2 Å². The molecule has 0 bridgehead atoms. The molecule has 2 fully saturated rings. The standard InChI is InChI=1S/C55H70N8O7/c1-36-29-43(64)30-37(2)44(36)34-45(56)54(69)63-25-12-20-49(63)53(68)60-48-33-41-17-9-10-18-42(41)35-62(55(48)70)28-23-50(65)58-46(52(67)59-47(51(57)66)32-39-15-7-4-8-16-39)19-11-24-61-26-21-40(22-27-61)31-38-13-5-3-6-14-38/h3-10,13-18,29-30,40,45-49,64H,11-12,19-28,31-35,56H2,1-2H3,(H2,57,66)(H,58,65)(H,59,67)(H,60,68)/t45-,46-,47-,48-,49+/m0/s1. The minimum absolute atomic E-state index is 0.00847. The molecule has 3 aliphatic rings. The van der Waals surface area contributed by atoms with E-state index < -0.39 is 53.8 Å². The Labute approximate surface area is 411 Å². The number of nitrogens with two attached hydrogens (primary N) is 2. The predicted molar refractivity (Wildman–Crippen MR) is 268 cm³/mol. The van der Waals surface area contributed by atoms with E-state index in [1.807, 2.05) is 74.5 Å². The SMILES string of the molecule is Cc1cc(O)cc(C)c1C[C@H](N)C(=O)N1CCC[C@@H]1C(=O)N[C@H]1Cc2ccccc2CN(CCC(=O)N[C@@H](CCCN2CCC(Cc3ccccc3)CC2)C(=O)N[C@@H](Cc2ccccc2)C(N)=O)C1=O. The topological polar surface area (TPSA) is 220 Å². The first kappa shape index (κ1) is 51.3. The number of nitrogens with one attached hydrogen (secondary N) is 3. The summed E-state index contributed by atoms with van der Waals surface area (Å²) in [4.78, 5) is 88.3. The van der Waals surface area contributed by atoms with Gasteiger partial charge in [-0.3, -0.25) is 28.8 Å². The quantitative estimate of drug-likeness (QED) is 0.0759. The number of primary amides is 1. The van der Waals surface area contributed by atoms with E-state index in [1.54, 1.807) is 17.0 Å². The third-order valence-corrected chi connectivity index (χ3v) is 14.3. The zero-order valence-corrected chi connectivity index (χ0v) is 40.6. The fourth-order valence-corrected chi connectivity index (χ4v) is 10.4. The molecular formula is C55H70N8O7. The lowest BCUT2D eigenvalue weighted by atomic mass is 9.90. The molecule has 3 aliphatic heterocycles. The summed E-state index contributed by atoms with van der Waals surface area (Å²) in [6, 6.07) is 26.0. The Bertz CT molecular complexity index is 2440. The highest BCUT2D eigenvalue weighted by Crippen LogP contribution is 2.26. The number of benzene rings is 4. The number of carbonyl (C=O) groups excluding carboxylic acids is 6. The highest BCUT2D eigenvalue weighted by Gasteiger charge is 2.39. The highest BCUT2D eigenvalue weighted by atomic mass is 16.3. The van der Waals surface area contributed by atoms with Gasteiger partial charge in [-0.05, 0) is 142 Å². The molecule has 4 aromatic rings. The molecule has 70 heavy (non-hydrogen) atoms. The lowest BCUT2D eigenvalue weighted by Gasteiger charge is -2.32. The number of likely N-dealkylation sites (tertiary alicyclic amines) is 2. The van der Waals surface area contributed by atoms with Crippen molar-refractivity contribution >= 4 is 35.4 Å². The van der Waals surface area contributed by atoms with Gasteiger partial charge in [0.2, 0.25) is 35.4 Å². The van der Waals surface area contributed by atoms with E-state index in [4.69, 9.17) is 11.5 Å². The number of hydrogen-bond acceptors (Lipinski definition) is 9. The van der Waals surface area contributed by atoms with Crippen molar-refractivity contribution in [2.75, 3.05) is 32.7 Å². The van der Waals surface area contributed by atoms with E-state index in [0.29, 0.717) is 38.1 Å². The molecule has 15 nitrogen and oxygen atoms in total. The molecule has 0 radical (unpaired) electrons. The molecule has 7 rings (SSSR count). The van der Waals surface area contributed by atoms with Gasteiger partial charge in [0.05, 0.1) is 6.04 Å². The number of piperidine rings is 1. The van der Waals surface area contributed by atoms with Crippen LogP contribution in [0.1, 0.15) is 83.9 Å². The second kappa shape index (κ2) is 24.3. The fourth-order valence-electron chi connectivity index (χ4n) is 10.4. The summed E-state index contributed by atoms with van der Waals surface area (Å²) < 4.78 is 0. The Balaban J connectivity index is 0.982. The Morgan fingerprint density at radius 3 is 2.09 bits per heavy atom. The summed E-state index contributed by atoms with van der Waals surface area (Å²) in [5.41, 5.74) is 18.7. The van der Waals surface area contributed by atoms with E-state index in [-0.39, 0.29) is 56.3 Å². The molecule has 0 spiro atoms. The number of nitrogens with zero attached hydrogens (tertiary/aromatic N) is 3. The van der Waals surface area contributed by atoms with Crippen LogP contribution in [0.25, 0.3) is 0 Å². The molecule has 6 amide bonds. The van der Waals surface area contributed by atoms with Crippen molar-refractivity contribution < 1.29 is 33.9 Å². The van der Waals surface area contributed by atoms with Crippen LogP contribution in [-0.4, -0.2) is 118 Å². The van der Waals surface area contributed by atoms with Crippen molar-refractivity contribution in [3.05, 3.63) is 136 Å². The first-order valence-electron chi connectivity index (χ1n) is 24.9. The van der Waals surface area contributed by atoms with Crippen molar-refractivity contribution in [2.24, 2.45) is 17.4 Å². The van der Waals surface area contributed by atoms with Crippen LogP contribution in [0.2, 0.25) is 0 Å². The van der Waals surface area contributed by atoms with Crippen LogP contribution < -0.4 is 27.4 Å². The normalized spacial score (nSPS) is 18.8. The number of aromatic hydroxyl groups is 1. The molecule has 15 heteroatoms. The molecule has 2 saturated heterocycles. The molecule has 0 aliphatic carbocycles. The van der Waals surface area contributed by atoms with Crippen LogP contribution in [0.3, 0.4) is 0 Å². The Hall–Kier alpha value is -6.58. The highest BCUT2D eigenvalue weighted by molar-refractivity contribution is 5.94. The van der Waals surface area contributed by atoms with E-state index in [1.165, 1.54) is 10.5 Å². The fraction of sp³-hybridized carbons (Fsp3) is 0.455. The molecule has 3 heterocycles. The van der Waals surface area contributed by atoms with Gasteiger partial charge in [0, 0.05) is 38.9 Å². The molecule has 0 unspecified atom stereocenters. The Morgan fingerprint density at radius 1 is 0.771 bits per heavy atom. The summed E-state index contributed by atoms with van der Waals surface area (Å²) >= 11 is 0. The molecule has 0 saturated carbocycles. The number of hydrogen-bond donors (Lipinski definition) is 6. The van der Waals surface area contributed by atoms with Gasteiger partial charge in [-0.1, -0.05) is 84.9 Å². The summed E-state index contributed by atoms with van der Waals surface area (Å²) in [5, 5.41) is 18.7. The van der Waals surface area contributed by atoms with Crippen LogP contribution in [0.4, 0.5) is 0 Å². The van der Waals surface area contributed by atoms with Crippen LogP contribution in [-0.2, 0) is 61.0 Å². The molecule has 372 valence electrons. The van der Waals surface area contributed by atoms with Gasteiger partial charge in [-0.25, -0.2) is 0 Å². The summed E-state index contributed by atoms with van der Waals surface area (Å²) in [7, 11) is 0. The summed E-state index contributed by atoms with van der Waals surface area (Å²) in [5.74, 6) is -2.06. The second-order valence-electron chi connectivity index (χ2n) is 19.5. The van der Waals surface area contributed by atoms with Crippen LogP contribution in [0.15, 0.2) is 97.1 Å². The van der Waals surface area contributed by atoms with Crippen LogP contribution in [0, 0.1) is 19.8 Å². The smallest absolute Gasteiger partial charge is 0.245 e. The lowest BCUT2D eigenvalue weighted by molar-refractivity contribution is -0.141.